The molecule has 0 atom stereocenters. The minimum Gasteiger partial charge on any atom is -0.452 e. The van der Waals surface area contributed by atoms with Gasteiger partial charge in [-0.3, -0.25) is 4.79 Å². The minimum atomic E-state index is -3.73. The Bertz CT molecular complexity index is 1200. The molecule has 3 N–H and O–H groups in total. The number of amides is 1. The van der Waals surface area contributed by atoms with Crippen molar-refractivity contribution in [1.82, 2.24) is 5.32 Å². The van der Waals surface area contributed by atoms with Crippen LogP contribution in [0.1, 0.15) is 10.4 Å². The van der Waals surface area contributed by atoms with E-state index in [1.165, 1.54) is 18.2 Å². The molecule has 1 aromatic heterocycles. The molecule has 1 heterocycles. The van der Waals surface area contributed by atoms with Gasteiger partial charge in [-0.25, -0.2) is 18.4 Å². The number of hydrogen-bond acceptors (Lipinski definition) is 6. The van der Waals surface area contributed by atoms with E-state index >= 15 is 0 Å². The van der Waals surface area contributed by atoms with Crippen LogP contribution in [-0.2, 0) is 30.8 Å². The number of ether oxygens (including phenoxy) is 1. The molecule has 0 saturated carbocycles. The fraction of sp³-hybridized carbons (Fsp3) is 0.130. The average molecular weight is 471 g/mol. The molecule has 0 unspecified atom stereocenters. The Morgan fingerprint density at radius 1 is 1.00 bits per heavy atom. The molecule has 0 spiro atoms. The standard InChI is InChI=1S/C23H22N2O5S2/c24-32(28,29)20-10-6-17(7-11-20)14-15-25-22(26)16-30-23(27)13-9-19-8-12-21(31-19)18-4-2-1-3-5-18/h1-13H,14-16H2,(H,25,26)(H2,24,28,29)/b13-9+. The largest absolute Gasteiger partial charge is 0.452 e. The third kappa shape index (κ3) is 7.16. The lowest BCUT2D eigenvalue weighted by atomic mass is 10.1. The Morgan fingerprint density at radius 2 is 1.72 bits per heavy atom. The number of esters is 1. The number of nitrogens with one attached hydrogen (secondary N) is 1. The topological polar surface area (TPSA) is 116 Å². The summed E-state index contributed by atoms with van der Waals surface area (Å²) >= 11 is 1.55. The normalized spacial score (nSPS) is 11.4. The molecule has 166 valence electrons. The van der Waals surface area contributed by atoms with Gasteiger partial charge in [0.2, 0.25) is 10.0 Å². The summed E-state index contributed by atoms with van der Waals surface area (Å²) < 4.78 is 27.4. The maximum absolute atomic E-state index is 11.9. The van der Waals surface area contributed by atoms with E-state index in [1.54, 1.807) is 29.5 Å². The molecule has 0 fully saturated rings. The summed E-state index contributed by atoms with van der Waals surface area (Å²) in [6.45, 7) is -0.0639. The lowest BCUT2D eigenvalue weighted by Gasteiger charge is -2.06. The highest BCUT2D eigenvalue weighted by Gasteiger charge is 2.08. The van der Waals surface area contributed by atoms with E-state index in [1.807, 2.05) is 42.5 Å². The van der Waals surface area contributed by atoms with Crippen LogP contribution in [0.3, 0.4) is 0 Å². The summed E-state index contributed by atoms with van der Waals surface area (Å²) in [6, 6.07) is 19.9. The molecule has 0 aliphatic rings. The molecule has 2 aromatic carbocycles. The summed E-state index contributed by atoms with van der Waals surface area (Å²) in [5.41, 5.74) is 1.94. The van der Waals surface area contributed by atoms with Crippen LogP contribution in [0.25, 0.3) is 16.5 Å². The van der Waals surface area contributed by atoms with E-state index in [-0.39, 0.29) is 11.5 Å². The second kappa shape index (κ2) is 10.9. The van der Waals surface area contributed by atoms with Crippen LogP contribution in [-0.4, -0.2) is 33.4 Å². The Hall–Kier alpha value is -3.27. The van der Waals surface area contributed by atoms with Crippen LogP contribution in [0.15, 0.2) is 77.7 Å². The first-order valence-corrected chi connectivity index (χ1v) is 12.1. The fourth-order valence-electron chi connectivity index (χ4n) is 2.78. The predicted octanol–water partition coefficient (Wildman–Crippen LogP) is 2.98. The lowest BCUT2D eigenvalue weighted by molar-refractivity contribution is -0.143. The van der Waals surface area contributed by atoms with E-state index in [0.717, 1.165) is 20.9 Å². The van der Waals surface area contributed by atoms with Gasteiger partial charge in [0.25, 0.3) is 5.91 Å². The van der Waals surface area contributed by atoms with Gasteiger partial charge in [-0.15, -0.1) is 11.3 Å². The number of carbonyl (C=O) groups is 2. The Balaban J connectivity index is 1.38. The second-order valence-corrected chi connectivity index (χ2v) is 9.47. The number of nitrogens with two attached hydrogens (primary N) is 1. The molecule has 1 amide bonds. The number of sulfonamides is 1. The fourth-order valence-corrected chi connectivity index (χ4v) is 4.21. The van der Waals surface area contributed by atoms with Gasteiger partial charge in [0.1, 0.15) is 0 Å². The summed E-state index contributed by atoms with van der Waals surface area (Å²) in [5, 5.41) is 7.70. The van der Waals surface area contributed by atoms with E-state index in [9.17, 15) is 18.0 Å². The number of carbonyl (C=O) groups excluding carboxylic acids is 2. The summed E-state index contributed by atoms with van der Waals surface area (Å²) in [5.74, 6) is -1.02. The first-order valence-electron chi connectivity index (χ1n) is 9.70. The van der Waals surface area contributed by atoms with Crippen molar-refractivity contribution in [3.05, 3.63) is 83.2 Å². The van der Waals surface area contributed by atoms with Crippen LogP contribution in [0.5, 0.6) is 0 Å². The predicted molar refractivity (Wildman–Crippen MR) is 124 cm³/mol. The SMILES string of the molecule is NS(=O)(=O)c1ccc(CCNC(=O)COC(=O)/C=C/c2ccc(-c3ccccc3)s2)cc1. The van der Waals surface area contributed by atoms with Crippen molar-refractivity contribution in [1.29, 1.82) is 0 Å². The van der Waals surface area contributed by atoms with Crippen LogP contribution in [0.2, 0.25) is 0 Å². The van der Waals surface area contributed by atoms with Crippen molar-refractivity contribution in [3.63, 3.8) is 0 Å². The summed E-state index contributed by atoms with van der Waals surface area (Å²) in [4.78, 5) is 25.7. The Morgan fingerprint density at radius 3 is 2.41 bits per heavy atom. The Labute approximate surface area is 190 Å². The van der Waals surface area contributed by atoms with Crippen LogP contribution < -0.4 is 10.5 Å². The van der Waals surface area contributed by atoms with Gasteiger partial charge in [-0.2, -0.15) is 0 Å². The molecular weight excluding hydrogens is 448 g/mol. The van der Waals surface area contributed by atoms with Gasteiger partial charge >= 0.3 is 5.97 Å². The van der Waals surface area contributed by atoms with Gasteiger partial charge < -0.3 is 10.1 Å². The summed E-state index contributed by atoms with van der Waals surface area (Å²) in [6.07, 6.45) is 3.44. The van der Waals surface area contributed by atoms with Crippen molar-refractivity contribution < 1.29 is 22.7 Å². The molecule has 0 aliphatic heterocycles. The quantitative estimate of drug-likeness (QED) is 0.368. The molecule has 7 nitrogen and oxygen atoms in total. The number of benzene rings is 2. The third-order valence-corrected chi connectivity index (χ3v) is 6.43. The number of rotatable bonds is 9. The first-order chi connectivity index (χ1) is 15.3. The van der Waals surface area contributed by atoms with Gasteiger partial charge in [0.05, 0.1) is 4.90 Å². The average Bonchev–Trinajstić information content (AvgIpc) is 3.26. The Kier molecular flexibility index (Phi) is 7.93. The van der Waals surface area contributed by atoms with Crippen molar-refractivity contribution in [2.75, 3.05) is 13.2 Å². The van der Waals surface area contributed by atoms with E-state index < -0.39 is 21.9 Å². The molecule has 32 heavy (non-hydrogen) atoms. The van der Waals surface area contributed by atoms with Crippen molar-refractivity contribution in [3.8, 4) is 10.4 Å². The van der Waals surface area contributed by atoms with Crippen molar-refractivity contribution in [2.24, 2.45) is 5.14 Å². The number of hydrogen-bond donors (Lipinski definition) is 2. The molecule has 0 aliphatic carbocycles. The monoisotopic (exact) mass is 470 g/mol. The van der Waals surface area contributed by atoms with E-state index in [2.05, 4.69) is 5.32 Å². The second-order valence-electron chi connectivity index (χ2n) is 6.80. The van der Waals surface area contributed by atoms with Gasteiger partial charge in [0.15, 0.2) is 6.61 Å². The highest BCUT2D eigenvalue weighted by atomic mass is 32.2. The zero-order chi connectivity index (χ0) is 23.0. The van der Waals surface area contributed by atoms with Crippen LogP contribution in [0.4, 0.5) is 0 Å². The maximum atomic E-state index is 11.9. The van der Waals surface area contributed by atoms with Gasteiger partial charge in [-0.05, 0) is 47.9 Å². The molecule has 0 bridgehead atoms. The van der Waals surface area contributed by atoms with Gasteiger partial charge in [-0.1, -0.05) is 42.5 Å². The molecular formula is C23H22N2O5S2. The van der Waals surface area contributed by atoms with Crippen molar-refractivity contribution in [2.45, 2.75) is 11.3 Å². The van der Waals surface area contributed by atoms with Gasteiger partial charge in [0, 0.05) is 22.4 Å². The van der Waals surface area contributed by atoms with E-state index in [0.29, 0.717) is 13.0 Å². The van der Waals surface area contributed by atoms with Crippen molar-refractivity contribution >= 4 is 39.3 Å². The zero-order valence-electron chi connectivity index (χ0n) is 17.1. The third-order valence-electron chi connectivity index (χ3n) is 4.40. The molecule has 3 rings (SSSR count). The van der Waals surface area contributed by atoms with Crippen LogP contribution in [0, 0.1) is 0 Å². The smallest absolute Gasteiger partial charge is 0.331 e. The zero-order valence-corrected chi connectivity index (χ0v) is 18.7. The number of thiophene rings is 1. The van der Waals surface area contributed by atoms with E-state index in [4.69, 9.17) is 9.88 Å². The number of primary sulfonamides is 1. The summed E-state index contributed by atoms with van der Waals surface area (Å²) in [7, 11) is -3.73. The first kappa shape index (κ1) is 23.4. The highest BCUT2D eigenvalue weighted by Crippen LogP contribution is 2.28. The minimum absolute atomic E-state index is 0.0316. The lowest BCUT2D eigenvalue weighted by Crippen LogP contribution is -2.30. The molecule has 0 radical (unpaired) electrons. The molecule has 0 saturated heterocycles. The maximum Gasteiger partial charge on any atom is 0.331 e. The molecule has 3 aromatic rings. The van der Waals surface area contributed by atoms with Crippen LogP contribution >= 0.6 is 11.3 Å². The highest BCUT2D eigenvalue weighted by molar-refractivity contribution is 7.89. The molecule has 9 heteroatoms.